The molecule has 0 saturated carbocycles. The number of carbonyl (C=O) groups excluding carboxylic acids is 2. The summed E-state index contributed by atoms with van der Waals surface area (Å²) in [6, 6.07) is 9.63. The van der Waals surface area contributed by atoms with Crippen LogP contribution in [0.2, 0.25) is 0 Å². The quantitative estimate of drug-likeness (QED) is 0.484. The summed E-state index contributed by atoms with van der Waals surface area (Å²) in [5.41, 5.74) is 0.637. The number of rotatable bonds is 11. The topological polar surface area (TPSA) is 105 Å². The Morgan fingerprint density at radius 1 is 1.21 bits per heavy atom. The molecule has 0 aliphatic rings. The maximum Gasteiger partial charge on any atom is 0.259 e. The van der Waals surface area contributed by atoms with Crippen molar-refractivity contribution in [1.82, 2.24) is 14.9 Å². The second-order valence-corrected chi connectivity index (χ2v) is 9.07. The van der Waals surface area contributed by atoms with E-state index in [1.54, 1.807) is 38.4 Å². The fourth-order valence-electron chi connectivity index (χ4n) is 2.91. The number of likely N-dealkylation sites (N-methyl/N-ethyl adjacent to an activating group) is 1. The molecule has 2 aromatic rings. The van der Waals surface area contributed by atoms with E-state index >= 15 is 0 Å². The molecule has 0 aliphatic heterocycles. The van der Waals surface area contributed by atoms with Crippen molar-refractivity contribution in [3.05, 3.63) is 72.1 Å². The normalized spacial score (nSPS) is 12.0. The fourth-order valence-corrected chi connectivity index (χ4v) is 4.01. The van der Waals surface area contributed by atoms with E-state index in [0.717, 1.165) is 12.1 Å². The first-order valence-electron chi connectivity index (χ1n) is 10.2. The molecule has 10 heteroatoms. The van der Waals surface area contributed by atoms with Gasteiger partial charge in [-0.2, -0.15) is 0 Å². The summed E-state index contributed by atoms with van der Waals surface area (Å²) >= 11 is 0. The number of halogens is 1. The molecule has 0 fully saturated rings. The summed E-state index contributed by atoms with van der Waals surface area (Å²) in [5.74, 6) is -1.33. The van der Waals surface area contributed by atoms with Crippen LogP contribution in [-0.4, -0.2) is 52.4 Å². The van der Waals surface area contributed by atoms with Crippen LogP contribution in [0.25, 0.3) is 0 Å². The summed E-state index contributed by atoms with van der Waals surface area (Å²) in [4.78, 5) is 25.5. The second-order valence-electron chi connectivity index (χ2n) is 7.33. The highest BCUT2D eigenvalue weighted by Gasteiger charge is 2.23. The average molecular weight is 478 g/mol. The number of sulfonamides is 1. The third kappa shape index (κ3) is 6.87. The van der Waals surface area contributed by atoms with Crippen LogP contribution in [0.1, 0.15) is 35.3 Å². The first-order chi connectivity index (χ1) is 15.6. The molecule has 0 radical (unpaired) electrons. The molecule has 0 saturated heterocycles. The average Bonchev–Trinajstić information content (AvgIpc) is 2.79. The van der Waals surface area contributed by atoms with Gasteiger partial charge < -0.3 is 15.0 Å². The van der Waals surface area contributed by atoms with E-state index < -0.39 is 32.7 Å². The van der Waals surface area contributed by atoms with Gasteiger partial charge in [0.1, 0.15) is 16.5 Å². The molecule has 0 spiro atoms. The van der Waals surface area contributed by atoms with E-state index in [1.165, 1.54) is 17.0 Å². The summed E-state index contributed by atoms with van der Waals surface area (Å²) in [5, 5.41) is 2.82. The van der Waals surface area contributed by atoms with Gasteiger partial charge in [-0.3, -0.25) is 9.59 Å². The van der Waals surface area contributed by atoms with Crippen LogP contribution in [0.3, 0.4) is 0 Å². The summed E-state index contributed by atoms with van der Waals surface area (Å²) < 4.78 is 46.7. The van der Waals surface area contributed by atoms with E-state index in [2.05, 4.69) is 16.6 Å². The molecule has 8 nitrogen and oxygen atoms in total. The highest BCUT2D eigenvalue weighted by Crippen LogP contribution is 2.28. The number of benzene rings is 2. The molecule has 1 atom stereocenters. The minimum absolute atomic E-state index is 0.0185. The zero-order valence-electron chi connectivity index (χ0n) is 18.8. The molecule has 1 unspecified atom stereocenters. The van der Waals surface area contributed by atoms with Crippen molar-refractivity contribution >= 4 is 21.8 Å². The lowest BCUT2D eigenvalue weighted by Gasteiger charge is -2.21. The lowest BCUT2D eigenvalue weighted by molar-refractivity contribution is -0.130. The summed E-state index contributed by atoms with van der Waals surface area (Å²) in [6.45, 7) is 5.03. The molecule has 33 heavy (non-hydrogen) atoms. The van der Waals surface area contributed by atoms with Gasteiger partial charge in [0.2, 0.25) is 10.0 Å². The van der Waals surface area contributed by atoms with Gasteiger partial charge in [-0.1, -0.05) is 31.2 Å². The Morgan fingerprint density at radius 3 is 2.55 bits per heavy atom. The molecule has 0 bridgehead atoms. The molecule has 0 heterocycles. The lowest BCUT2D eigenvalue weighted by Crippen LogP contribution is -2.30. The number of nitrogens with one attached hydrogen (secondary N) is 2. The molecule has 178 valence electrons. The van der Waals surface area contributed by atoms with Crippen LogP contribution >= 0.6 is 0 Å². The lowest BCUT2D eigenvalue weighted by atomic mass is 10.0. The van der Waals surface area contributed by atoms with Crippen LogP contribution in [-0.2, 0) is 14.8 Å². The first-order valence-corrected chi connectivity index (χ1v) is 11.7. The van der Waals surface area contributed by atoms with Crippen LogP contribution in [0, 0.1) is 5.82 Å². The van der Waals surface area contributed by atoms with E-state index in [0.29, 0.717) is 17.7 Å². The van der Waals surface area contributed by atoms with Gasteiger partial charge in [-0.05, 0) is 30.7 Å². The van der Waals surface area contributed by atoms with Gasteiger partial charge in [0.25, 0.3) is 11.8 Å². The molecule has 0 aliphatic carbocycles. The zero-order valence-corrected chi connectivity index (χ0v) is 19.6. The van der Waals surface area contributed by atoms with E-state index in [-0.39, 0.29) is 24.6 Å². The third-order valence-electron chi connectivity index (χ3n) is 4.76. The van der Waals surface area contributed by atoms with Crippen molar-refractivity contribution < 1.29 is 27.1 Å². The summed E-state index contributed by atoms with van der Waals surface area (Å²) in [6.07, 6.45) is 1.81. The minimum atomic E-state index is -4.16. The van der Waals surface area contributed by atoms with Crippen LogP contribution in [0.5, 0.6) is 5.75 Å². The Labute approximate surface area is 193 Å². The van der Waals surface area contributed by atoms with Crippen molar-refractivity contribution in [2.45, 2.75) is 24.3 Å². The molecule has 0 aromatic heterocycles. The van der Waals surface area contributed by atoms with Gasteiger partial charge in [0.05, 0.1) is 6.04 Å². The Hall–Kier alpha value is -3.24. The third-order valence-corrected chi connectivity index (χ3v) is 6.20. The number of hydrogen-bond donors (Lipinski definition) is 2. The van der Waals surface area contributed by atoms with Crippen LogP contribution in [0.4, 0.5) is 4.39 Å². The molecule has 2 rings (SSSR count). The SMILES string of the molecule is C=CCNS(=O)(=O)c1cc(C(=O)NC(CC)c2ccccc2OCC(=O)N(C)C)ccc1F. The van der Waals surface area contributed by atoms with Crippen molar-refractivity contribution in [3.63, 3.8) is 0 Å². The molecular formula is C23H28FN3O5S. The maximum absolute atomic E-state index is 14.2. The van der Waals surface area contributed by atoms with E-state index in [4.69, 9.17) is 4.74 Å². The monoisotopic (exact) mass is 477 g/mol. The Morgan fingerprint density at radius 2 is 1.91 bits per heavy atom. The van der Waals surface area contributed by atoms with Crippen molar-refractivity contribution in [1.29, 1.82) is 0 Å². The molecule has 2 aromatic carbocycles. The standard InChI is InChI=1S/C23H28FN3O5S/c1-5-13-25-33(30,31)21-14-16(11-12-18(21)24)23(29)26-19(6-2)17-9-7-8-10-20(17)32-15-22(28)27(3)4/h5,7-12,14,19,25H,1,6,13,15H2,2-4H3,(H,26,29). The van der Waals surface area contributed by atoms with Gasteiger partial charge in [0.15, 0.2) is 6.61 Å². The van der Waals surface area contributed by atoms with Crippen LogP contribution < -0.4 is 14.8 Å². The predicted molar refractivity (Wildman–Crippen MR) is 123 cm³/mol. The van der Waals surface area contributed by atoms with E-state index in [9.17, 15) is 22.4 Å². The van der Waals surface area contributed by atoms with E-state index in [1.807, 2.05) is 6.92 Å². The maximum atomic E-state index is 14.2. The van der Waals surface area contributed by atoms with Crippen LogP contribution in [0.15, 0.2) is 60.0 Å². The highest BCUT2D eigenvalue weighted by atomic mass is 32.2. The van der Waals surface area contributed by atoms with Gasteiger partial charge >= 0.3 is 0 Å². The van der Waals surface area contributed by atoms with Gasteiger partial charge in [-0.25, -0.2) is 17.5 Å². The first kappa shape index (κ1) is 26.0. The Balaban J connectivity index is 2.27. The van der Waals surface area contributed by atoms with Gasteiger partial charge in [0, 0.05) is 31.8 Å². The minimum Gasteiger partial charge on any atom is -0.483 e. The molecule has 2 N–H and O–H groups in total. The van der Waals surface area contributed by atoms with Crippen molar-refractivity contribution in [3.8, 4) is 5.75 Å². The number of amides is 2. The number of carbonyl (C=O) groups is 2. The summed E-state index contributed by atoms with van der Waals surface area (Å²) in [7, 11) is -0.913. The molecular weight excluding hydrogens is 449 g/mol. The largest absolute Gasteiger partial charge is 0.483 e. The number of ether oxygens (including phenoxy) is 1. The predicted octanol–water partition coefficient (Wildman–Crippen LogP) is 2.64. The second kappa shape index (κ2) is 11.6. The fraction of sp³-hybridized carbons (Fsp3) is 0.304. The smallest absolute Gasteiger partial charge is 0.259 e. The van der Waals surface area contributed by atoms with Crippen molar-refractivity contribution in [2.75, 3.05) is 27.2 Å². The number of para-hydroxylation sites is 1. The zero-order chi connectivity index (χ0) is 24.6. The highest BCUT2D eigenvalue weighted by molar-refractivity contribution is 7.89. The van der Waals surface area contributed by atoms with Crippen molar-refractivity contribution in [2.24, 2.45) is 0 Å². The number of hydrogen-bond acceptors (Lipinski definition) is 5. The number of nitrogens with zero attached hydrogens (tertiary/aromatic N) is 1. The molecule has 2 amide bonds. The Bertz CT molecular complexity index is 1120. The Kier molecular flexibility index (Phi) is 9.12. The van der Waals surface area contributed by atoms with Gasteiger partial charge in [-0.15, -0.1) is 6.58 Å².